The lowest BCUT2D eigenvalue weighted by Crippen LogP contribution is -2.13. The summed E-state index contributed by atoms with van der Waals surface area (Å²) < 4.78 is 14.6. The molecule has 0 radical (unpaired) electrons. The highest BCUT2D eigenvalue weighted by Crippen LogP contribution is 2.27. The maximum absolute atomic E-state index is 13.1. The number of aromatic nitrogens is 2. The molecule has 1 heterocycles. The fraction of sp³-hybridized carbons (Fsp3) is 0.200. The van der Waals surface area contributed by atoms with Crippen molar-refractivity contribution in [1.29, 1.82) is 0 Å². The lowest BCUT2D eigenvalue weighted by atomic mass is 10.1. The van der Waals surface area contributed by atoms with E-state index < -0.39 is 0 Å². The van der Waals surface area contributed by atoms with E-state index in [0.29, 0.717) is 16.9 Å². The Labute approximate surface area is 155 Å². The Morgan fingerprint density at radius 1 is 1.15 bits per heavy atom. The van der Waals surface area contributed by atoms with E-state index in [0.717, 1.165) is 24.9 Å². The van der Waals surface area contributed by atoms with Crippen LogP contribution in [0.5, 0.6) is 0 Å². The van der Waals surface area contributed by atoms with Crippen LogP contribution >= 0.6 is 11.6 Å². The summed E-state index contributed by atoms with van der Waals surface area (Å²) in [6, 6.07) is 11.8. The monoisotopic (exact) mass is 369 g/mol. The second-order valence-corrected chi connectivity index (χ2v) is 6.79. The van der Waals surface area contributed by atoms with E-state index in [1.54, 1.807) is 19.1 Å². The average molecular weight is 370 g/mol. The number of amides is 1. The van der Waals surface area contributed by atoms with Crippen LogP contribution in [0, 0.1) is 12.7 Å². The maximum atomic E-state index is 13.1. The zero-order valence-corrected chi connectivity index (χ0v) is 15.0. The van der Waals surface area contributed by atoms with Crippen molar-refractivity contribution in [2.24, 2.45) is 0 Å². The minimum Gasteiger partial charge on any atom is -0.322 e. The Bertz CT molecular complexity index is 995. The number of anilines is 1. The second-order valence-electron chi connectivity index (χ2n) is 6.43. The van der Waals surface area contributed by atoms with E-state index in [2.05, 4.69) is 16.5 Å². The van der Waals surface area contributed by atoms with E-state index in [4.69, 9.17) is 11.6 Å². The minimum absolute atomic E-state index is 0.202. The normalized spacial score (nSPS) is 12.9. The first-order valence-corrected chi connectivity index (χ1v) is 8.85. The topological polar surface area (TPSA) is 46.9 Å². The van der Waals surface area contributed by atoms with E-state index in [-0.39, 0.29) is 16.9 Å². The molecule has 2 aromatic carbocycles. The molecule has 4 rings (SSSR count). The molecule has 26 heavy (non-hydrogen) atoms. The highest BCUT2D eigenvalue weighted by molar-refractivity contribution is 6.34. The third-order valence-corrected chi connectivity index (χ3v) is 5.01. The zero-order chi connectivity index (χ0) is 18.3. The number of rotatable bonds is 3. The Hall–Kier alpha value is -2.66. The van der Waals surface area contributed by atoms with Crippen molar-refractivity contribution in [1.82, 2.24) is 9.78 Å². The largest absolute Gasteiger partial charge is 0.322 e. The van der Waals surface area contributed by atoms with Gasteiger partial charge in [-0.1, -0.05) is 17.7 Å². The standard InChI is InChI=1S/C20H17ClFN3O/c1-12-18(19(21)25(24-12)17-9-6-15(22)7-10-17)20(26)23-16-8-5-13-3-2-4-14(13)11-16/h5-11H,2-4H2,1H3,(H,23,26). The van der Waals surface area contributed by atoms with Gasteiger partial charge in [-0.25, -0.2) is 9.07 Å². The zero-order valence-electron chi connectivity index (χ0n) is 14.2. The molecule has 1 amide bonds. The Balaban J connectivity index is 1.63. The minimum atomic E-state index is -0.344. The summed E-state index contributed by atoms with van der Waals surface area (Å²) >= 11 is 6.40. The Morgan fingerprint density at radius 2 is 1.88 bits per heavy atom. The predicted molar refractivity (Wildman–Crippen MR) is 99.7 cm³/mol. The van der Waals surface area contributed by atoms with Crippen molar-refractivity contribution < 1.29 is 9.18 Å². The third kappa shape index (κ3) is 2.99. The van der Waals surface area contributed by atoms with Gasteiger partial charge in [0.1, 0.15) is 16.5 Å². The molecule has 6 heteroatoms. The fourth-order valence-electron chi connectivity index (χ4n) is 3.35. The number of hydrogen-bond acceptors (Lipinski definition) is 2. The van der Waals surface area contributed by atoms with Gasteiger partial charge in [0.2, 0.25) is 0 Å². The lowest BCUT2D eigenvalue weighted by Gasteiger charge is -2.08. The summed E-state index contributed by atoms with van der Waals surface area (Å²) in [5.74, 6) is -0.651. The molecule has 0 fully saturated rings. The number of halogens is 2. The molecule has 1 aromatic heterocycles. The van der Waals surface area contributed by atoms with Gasteiger partial charge in [0.05, 0.1) is 11.4 Å². The number of aryl methyl sites for hydroxylation is 3. The molecule has 0 aliphatic heterocycles. The van der Waals surface area contributed by atoms with Crippen LogP contribution in [0.4, 0.5) is 10.1 Å². The summed E-state index contributed by atoms with van der Waals surface area (Å²) in [6.45, 7) is 1.73. The molecule has 0 unspecified atom stereocenters. The highest BCUT2D eigenvalue weighted by Gasteiger charge is 2.22. The molecule has 132 valence electrons. The maximum Gasteiger partial charge on any atom is 0.260 e. The molecule has 0 saturated carbocycles. The van der Waals surface area contributed by atoms with Crippen molar-refractivity contribution in [3.8, 4) is 5.69 Å². The molecule has 3 aromatic rings. The van der Waals surface area contributed by atoms with Crippen LogP contribution in [0.2, 0.25) is 5.15 Å². The molecule has 0 spiro atoms. The van der Waals surface area contributed by atoms with Gasteiger partial charge in [-0.3, -0.25) is 4.79 Å². The van der Waals surface area contributed by atoms with Crippen LogP contribution in [-0.2, 0) is 12.8 Å². The smallest absolute Gasteiger partial charge is 0.260 e. The highest BCUT2D eigenvalue weighted by atomic mass is 35.5. The first kappa shape index (κ1) is 16.8. The van der Waals surface area contributed by atoms with Gasteiger partial charge in [0.25, 0.3) is 5.91 Å². The molecule has 0 bridgehead atoms. The van der Waals surface area contributed by atoms with Gasteiger partial charge in [-0.2, -0.15) is 5.10 Å². The van der Waals surface area contributed by atoms with Gasteiger partial charge in [0.15, 0.2) is 0 Å². The van der Waals surface area contributed by atoms with Crippen molar-refractivity contribution in [3.05, 3.63) is 75.8 Å². The molecular formula is C20H17ClFN3O. The van der Waals surface area contributed by atoms with Crippen molar-refractivity contribution >= 4 is 23.2 Å². The molecule has 1 aliphatic rings. The average Bonchev–Trinajstić information content (AvgIpc) is 3.19. The van der Waals surface area contributed by atoms with Crippen LogP contribution in [0.15, 0.2) is 42.5 Å². The molecule has 0 atom stereocenters. The van der Waals surface area contributed by atoms with Gasteiger partial charge in [0, 0.05) is 5.69 Å². The molecule has 1 aliphatic carbocycles. The van der Waals surface area contributed by atoms with Crippen LogP contribution in [0.25, 0.3) is 5.69 Å². The Morgan fingerprint density at radius 3 is 2.65 bits per heavy atom. The number of fused-ring (bicyclic) bond motifs is 1. The van der Waals surface area contributed by atoms with Crippen molar-refractivity contribution in [2.45, 2.75) is 26.2 Å². The van der Waals surface area contributed by atoms with E-state index >= 15 is 0 Å². The first-order valence-electron chi connectivity index (χ1n) is 8.47. The van der Waals surface area contributed by atoms with Crippen LogP contribution < -0.4 is 5.32 Å². The number of nitrogens with zero attached hydrogens (tertiary/aromatic N) is 2. The fourth-order valence-corrected chi connectivity index (χ4v) is 3.71. The van der Waals surface area contributed by atoms with Gasteiger partial charge in [-0.05, 0) is 73.7 Å². The van der Waals surface area contributed by atoms with E-state index in [9.17, 15) is 9.18 Å². The number of hydrogen-bond donors (Lipinski definition) is 1. The summed E-state index contributed by atoms with van der Waals surface area (Å²) in [4.78, 5) is 12.7. The number of benzene rings is 2. The van der Waals surface area contributed by atoms with E-state index in [1.165, 1.54) is 27.9 Å². The first-order chi connectivity index (χ1) is 12.5. The summed E-state index contributed by atoms with van der Waals surface area (Å²) in [5.41, 5.74) is 4.81. The van der Waals surface area contributed by atoms with E-state index in [1.807, 2.05) is 12.1 Å². The summed E-state index contributed by atoms with van der Waals surface area (Å²) in [6.07, 6.45) is 3.29. The number of carbonyl (C=O) groups excluding carboxylic acids is 1. The van der Waals surface area contributed by atoms with Crippen LogP contribution in [0.1, 0.15) is 33.6 Å². The number of nitrogens with one attached hydrogen (secondary N) is 1. The SMILES string of the molecule is Cc1nn(-c2ccc(F)cc2)c(Cl)c1C(=O)Nc1ccc2c(c1)CCC2. The predicted octanol–water partition coefficient (Wildman–Crippen LogP) is 4.71. The lowest BCUT2D eigenvalue weighted by molar-refractivity contribution is 0.102. The van der Waals surface area contributed by atoms with Crippen molar-refractivity contribution in [3.63, 3.8) is 0 Å². The van der Waals surface area contributed by atoms with Crippen LogP contribution in [0.3, 0.4) is 0 Å². The van der Waals surface area contributed by atoms with Gasteiger partial charge in [-0.15, -0.1) is 0 Å². The molecule has 1 N–H and O–H groups in total. The molecular weight excluding hydrogens is 353 g/mol. The summed E-state index contributed by atoms with van der Waals surface area (Å²) in [5, 5.41) is 7.44. The quantitative estimate of drug-likeness (QED) is 0.726. The number of carbonyl (C=O) groups is 1. The van der Waals surface area contributed by atoms with Crippen molar-refractivity contribution in [2.75, 3.05) is 5.32 Å². The molecule has 0 saturated heterocycles. The summed E-state index contributed by atoms with van der Waals surface area (Å²) in [7, 11) is 0. The van der Waals surface area contributed by atoms with Gasteiger partial charge < -0.3 is 5.32 Å². The third-order valence-electron chi connectivity index (χ3n) is 4.66. The van der Waals surface area contributed by atoms with Crippen LogP contribution in [-0.4, -0.2) is 15.7 Å². The second kappa shape index (κ2) is 6.57. The molecule has 4 nitrogen and oxygen atoms in total. The van der Waals surface area contributed by atoms with Gasteiger partial charge >= 0.3 is 0 Å². The Kier molecular flexibility index (Phi) is 4.24.